The second kappa shape index (κ2) is 5.84. The number of halogens is 3. The molecule has 0 radical (unpaired) electrons. The van der Waals surface area contributed by atoms with E-state index in [1.54, 1.807) is 36.3 Å². The molecule has 3 aromatic heterocycles. The highest BCUT2D eigenvalue weighted by Crippen LogP contribution is 2.32. The molecule has 3 heterocycles. The lowest BCUT2D eigenvalue weighted by Gasteiger charge is -2.11. The molecule has 9 heteroatoms. The van der Waals surface area contributed by atoms with E-state index in [9.17, 15) is 8.78 Å². The quantitative estimate of drug-likeness (QED) is 0.487. The zero-order chi connectivity index (χ0) is 18.5. The van der Waals surface area contributed by atoms with Gasteiger partial charge in [-0.1, -0.05) is 17.7 Å². The van der Waals surface area contributed by atoms with E-state index in [2.05, 4.69) is 25.7 Å². The molecule has 0 aliphatic heterocycles. The molecule has 0 amide bonds. The van der Waals surface area contributed by atoms with Crippen LogP contribution in [0.2, 0.25) is 5.02 Å². The van der Waals surface area contributed by atoms with Gasteiger partial charge in [0, 0.05) is 37.3 Å². The monoisotopic (exact) mass is 376 g/mol. The van der Waals surface area contributed by atoms with E-state index in [0.29, 0.717) is 27.7 Å². The molecule has 134 valence electrons. The second-order valence-electron chi connectivity index (χ2n) is 5.96. The highest BCUT2D eigenvalue weighted by molar-refractivity contribution is 6.31. The van der Waals surface area contributed by atoms with Gasteiger partial charge in [0.1, 0.15) is 5.65 Å². The van der Waals surface area contributed by atoms with Gasteiger partial charge in [-0.2, -0.15) is 0 Å². The number of imidazole rings is 1. The summed E-state index contributed by atoms with van der Waals surface area (Å²) >= 11 is 6.03. The van der Waals surface area contributed by atoms with E-state index in [1.165, 1.54) is 12.1 Å². The van der Waals surface area contributed by atoms with E-state index in [1.807, 2.05) is 0 Å². The summed E-state index contributed by atoms with van der Waals surface area (Å²) < 4.78 is 28.9. The van der Waals surface area contributed by atoms with Crippen molar-refractivity contribution in [2.75, 3.05) is 17.8 Å². The van der Waals surface area contributed by atoms with Crippen molar-refractivity contribution in [1.82, 2.24) is 19.6 Å². The fourth-order valence-corrected chi connectivity index (χ4v) is 3.02. The van der Waals surface area contributed by atoms with Crippen molar-refractivity contribution in [3.05, 3.63) is 47.2 Å². The van der Waals surface area contributed by atoms with Crippen LogP contribution in [0.5, 0.6) is 0 Å². The van der Waals surface area contributed by atoms with Crippen molar-refractivity contribution in [2.24, 2.45) is 0 Å². The SMILES string of the molecule is CNn1c(Nc2c[nH]c3ncc(Cl)cc23)nc2cc(C(C)(F)F)ccc21. The number of nitrogens with one attached hydrogen (secondary N) is 3. The third kappa shape index (κ3) is 2.72. The molecule has 6 nitrogen and oxygen atoms in total. The number of fused-ring (bicyclic) bond motifs is 2. The predicted octanol–water partition coefficient (Wildman–Crippen LogP) is 4.59. The summed E-state index contributed by atoms with van der Waals surface area (Å²) in [6.45, 7) is 0.866. The van der Waals surface area contributed by atoms with Gasteiger partial charge in [0.15, 0.2) is 0 Å². The average Bonchev–Trinajstić information content (AvgIpc) is 3.14. The van der Waals surface area contributed by atoms with E-state index in [4.69, 9.17) is 11.6 Å². The summed E-state index contributed by atoms with van der Waals surface area (Å²) in [5, 5.41) is 4.50. The smallest absolute Gasteiger partial charge is 0.270 e. The minimum absolute atomic E-state index is 0.0830. The maximum Gasteiger partial charge on any atom is 0.270 e. The fourth-order valence-electron chi connectivity index (χ4n) is 2.87. The number of H-pyrrole nitrogens is 1. The Morgan fingerprint density at radius 3 is 2.81 bits per heavy atom. The molecule has 0 bridgehead atoms. The third-order valence-electron chi connectivity index (χ3n) is 4.13. The number of rotatable bonds is 4. The Morgan fingerprint density at radius 1 is 1.27 bits per heavy atom. The zero-order valence-electron chi connectivity index (χ0n) is 13.9. The first-order valence-electron chi connectivity index (χ1n) is 7.85. The van der Waals surface area contributed by atoms with Gasteiger partial charge < -0.3 is 15.7 Å². The van der Waals surface area contributed by atoms with E-state index in [-0.39, 0.29) is 5.56 Å². The molecule has 26 heavy (non-hydrogen) atoms. The summed E-state index contributed by atoms with van der Waals surface area (Å²) in [4.78, 5) is 11.7. The molecule has 0 spiro atoms. The summed E-state index contributed by atoms with van der Waals surface area (Å²) in [6.07, 6.45) is 3.30. The molecule has 0 atom stereocenters. The van der Waals surface area contributed by atoms with Crippen molar-refractivity contribution >= 4 is 45.3 Å². The van der Waals surface area contributed by atoms with E-state index >= 15 is 0 Å². The number of anilines is 2. The van der Waals surface area contributed by atoms with Crippen LogP contribution in [-0.2, 0) is 5.92 Å². The molecule has 0 aliphatic carbocycles. The topological polar surface area (TPSA) is 70.6 Å². The summed E-state index contributed by atoms with van der Waals surface area (Å²) in [7, 11) is 1.72. The molecule has 0 aliphatic rings. The first-order chi connectivity index (χ1) is 12.4. The van der Waals surface area contributed by atoms with Gasteiger partial charge >= 0.3 is 0 Å². The van der Waals surface area contributed by atoms with Crippen molar-refractivity contribution in [3.63, 3.8) is 0 Å². The standard InChI is InChI=1S/C17H15ClF2N6/c1-17(19,20)9-3-4-14-12(5-9)24-16(26(14)21-2)25-13-8-23-15-11(13)6-10(18)7-22-15/h3-8,21H,1-2H3,(H,22,23)(H,24,25). The molecular formula is C17H15ClF2N6. The molecule has 1 aromatic carbocycles. The van der Waals surface area contributed by atoms with Gasteiger partial charge in [0.05, 0.1) is 21.7 Å². The summed E-state index contributed by atoms with van der Waals surface area (Å²) in [5.74, 6) is -2.47. The van der Waals surface area contributed by atoms with E-state index in [0.717, 1.165) is 18.0 Å². The van der Waals surface area contributed by atoms with Crippen molar-refractivity contribution < 1.29 is 8.78 Å². The van der Waals surface area contributed by atoms with Crippen molar-refractivity contribution in [3.8, 4) is 0 Å². The Labute approximate surface area is 152 Å². The van der Waals surface area contributed by atoms with Crippen LogP contribution < -0.4 is 10.7 Å². The number of aromatic amines is 1. The fraction of sp³-hybridized carbons (Fsp3) is 0.176. The Morgan fingerprint density at radius 2 is 2.08 bits per heavy atom. The first kappa shape index (κ1) is 16.6. The van der Waals surface area contributed by atoms with Gasteiger partial charge in [-0.05, 0) is 18.2 Å². The number of nitrogens with zero attached hydrogens (tertiary/aromatic N) is 3. The van der Waals surface area contributed by atoms with Crippen molar-refractivity contribution in [1.29, 1.82) is 0 Å². The normalized spacial score (nSPS) is 12.0. The number of alkyl halides is 2. The molecular weight excluding hydrogens is 362 g/mol. The Hall–Kier alpha value is -2.87. The number of aromatic nitrogens is 4. The lowest BCUT2D eigenvalue weighted by molar-refractivity contribution is 0.0176. The molecule has 0 saturated heterocycles. The molecule has 4 aromatic rings. The van der Waals surface area contributed by atoms with E-state index < -0.39 is 5.92 Å². The van der Waals surface area contributed by atoms with Gasteiger partial charge in [-0.3, -0.25) is 0 Å². The average molecular weight is 377 g/mol. The highest BCUT2D eigenvalue weighted by Gasteiger charge is 2.25. The van der Waals surface area contributed by atoms with Crippen molar-refractivity contribution in [2.45, 2.75) is 12.8 Å². The third-order valence-corrected chi connectivity index (χ3v) is 4.34. The Bertz CT molecular complexity index is 1110. The van der Waals surface area contributed by atoms with Gasteiger partial charge in [0.25, 0.3) is 5.92 Å². The number of hydrogen-bond donors (Lipinski definition) is 3. The largest absolute Gasteiger partial charge is 0.344 e. The van der Waals surface area contributed by atoms with Crippen LogP contribution in [0.4, 0.5) is 20.4 Å². The van der Waals surface area contributed by atoms with Crippen LogP contribution in [0.15, 0.2) is 36.7 Å². The second-order valence-corrected chi connectivity index (χ2v) is 6.40. The van der Waals surface area contributed by atoms with Gasteiger partial charge in [0.2, 0.25) is 5.95 Å². The lowest BCUT2D eigenvalue weighted by atomic mass is 10.1. The van der Waals surface area contributed by atoms with Crippen LogP contribution >= 0.6 is 11.6 Å². The molecule has 0 saturated carbocycles. The maximum atomic E-state index is 13.6. The van der Waals surface area contributed by atoms with Crippen LogP contribution in [-0.4, -0.2) is 26.7 Å². The lowest BCUT2D eigenvalue weighted by Crippen LogP contribution is -2.12. The Balaban J connectivity index is 1.81. The predicted molar refractivity (Wildman–Crippen MR) is 99.0 cm³/mol. The highest BCUT2D eigenvalue weighted by atomic mass is 35.5. The Kier molecular flexibility index (Phi) is 3.73. The van der Waals surface area contributed by atoms with Crippen LogP contribution in [0.25, 0.3) is 22.1 Å². The number of pyridine rings is 1. The zero-order valence-corrected chi connectivity index (χ0v) is 14.7. The van der Waals surface area contributed by atoms with Crippen LogP contribution in [0.3, 0.4) is 0 Å². The molecule has 3 N–H and O–H groups in total. The number of hydrogen-bond acceptors (Lipinski definition) is 4. The van der Waals surface area contributed by atoms with Crippen LogP contribution in [0, 0.1) is 0 Å². The summed E-state index contributed by atoms with van der Waals surface area (Å²) in [5.41, 5.74) is 5.46. The molecule has 4 rings (SSSR count). The van der Waals surface area contributed by atoms with Crippen LogP contribution in [0.1, 0.15) is 12.5 Å². The summed E-state index contributed by atoms with van der Waals surface area (Å²) in [6, 6.07) is 6.19. The first-order valence-corrected chi connectivity index (χ1v) is 8.23. The van der Waals surface area contributed by atoms with Gasteiger partial charge in [-0.15, -0.1) is 0 Å². The minimum atomic E-state index is -2.93. The van der Waals surface area contributed by atoms with Gasteiger partial charge in [-0.25, -0.2) is 23.4 Å². The molecule has 0 unspecified atom stereocenters. The minimum Gasteiger partial charge on any atom is -0.344 e. The molecule has 0 fully saturated rings. The number of benzene rings is 1. The maximum absolute atomic E-state index is 13.6.